The monoisotopic (exact) mass is 517 g/mol. The van der Waals surface area contributed by atoms with Gasteiger partial charge in [0.05, 0.1) is 37.8 Å². The number of hydrogen-bond acceptors (Lipinski definition) is 6. The van der Waals surface area contributed by atoms with Gasteiger partial charge in [-0.25, -0.2) is 4.39 Å². The highest BCUT2D eigenvalue weighted by Crippen LogP contribution is 2.42. The summed E-state index contributed by atoms with van der Waals surface area (Å²) in [5.41, 5.74) is 1.35. The van der Waals surface area contributed by atoms with Gasteiger partial charge in [0, 0.05) is 6.54 Å². The van der Waals surface area contributed by atoms with Gasteiger partial charge in [0.1, 0.15) is 17.1 Å². The van der Waals surface area contributed by atoms with Crippen LogP contribution in [0.2, 0.25) is 0 Å². The molecule has 7 nitrogen and oxygen atoms in total. The highest BCUT2D eigenvalue weighted by atomic mass is 19.1. The lowest BCUT2D eigenvalue weighted by molar-refractivity contribution is 0.0714. The van der Waals surface area contributed by atoms with Gasteiger partial charge in [-0.2, -0.15) is 0 Å². The summed E-state index contributed by atoms with van der Waals surface area (Å²) >= 11 is 0. The van der Waals surface area contributed by atoms with Crippen molar-refractivity contribution in [1.29, 1.82) is 0 Å². The van der Waals surface area contributed by atoms with E-state index in [-0.39, 0.29) is 28.8 Å². The van der Waals surface area contributed by atoms with Crippen molar-refractivity contribution in [3.05, 3.63) is 99.2 Å². The average molecular weight is 518 g/mol. The number of fused-ring (bicyclic) bond motifs is 2. The molecule has 0 saturated carbocycles. The predicted molar refractivity (Wildman–Crippen MR) is 140 cm³/mol. The van der Waals surface area contributed by atoms with Crippen LogP contribution >= 0.6 is 0 Å². The van der Waals surface area contributed by atoms with Crippen LogP contribution in [-0.4, -0.2) is 31.6 Å². The van der Waals surface area contributed by atoms with E-state index in [9.17, 15) is 14.0 Å². The summed E-state index contributed by atoms with van der Waals surface area (Å²) in [6.45, 7) is 4.80. The maximum Gasteiger partial charge on any atom is 0.291 e. The van der Waals surface area contributed by atoms with Gasteiger partial charge in [0.25, 0.3) is 5.91 Å². The quantitative estimate of drug-likeness (QED) is 0.297. The van der Waals surface area contributed by atoms with E-state index in [2.05, 4.69) is 0 Å². The molecule has 0 fully saturated rings. The van der Waals surface area contributed by atoms with Crippen LogP contribution in [0.15, 0.2) is 69.9 Å². The summed E-state index contributed by atoms with van der Waals surface area (Å²) in [6.07, 6.45) is 0. The van der Waals surface area contributed by atoms with Crippen molar-refractivity contribution in [3.63, 3.8) is 0 Å². The molecule has 1 unspecified atom stereocenters. The first-order valence-corrected chi connectivity index (χ1v) is 12.3. The zero-order valence-corrected chi connectivity index (χ0v) is 21.6. The topological polar surface area (TPSA) is 78.2 Å². The fourth-order valence-electron chi connectivity index (χ4n) is 4.66. The second-order valence-corrected chi connectivity index (χ2v) is 9.61. The zero-order chi connectivity index (χ0) is 27.0. The third-order valence-electron chi connectivity index (χ3n) is 6.52. The lowest BCUT2D eigenvalue weighted by Crippen LogP contribution is -2.29. The summed E-state index contributed by atoms with van der Waals surface area (Å²) in [5, 5.41) is 0.0803. The first kappa shape index (κ1) is 25.3. The van der Waals surface area contributed by atoms with Crippen LogP contribution in [0.5, 0.6) is 17.2 Å². The van der Waals surface area contributed by atoms with Crippen LogP contribution in [0.4, 0.5) is 4.39 Å². The summed E-state index contributed by atoms with van der Waals surface area (Å²) in [4.78, 5) is 29.0. The third kappa shape index (κ3) is 4.58. The molecule has 4 aromatic rings. The number of ether oxygens (including phenoxy) is 3. The minimum absolute atomic E-state index is 0.0493. The number of hydrogen-bond donors (Lipinski definition) is 0. The van der Waals surface area contributed by atoms with E-state index in [1.807, 2.05) is 44.2 Å². The highest BCUT2D eigenvalue weighted by molar-refractivity contribution is 5.99. The van der Waals surface area contributed by atoms with Gasteiger partial charge in [-0.15, -0.1) is 0 Å². The first-order valence-electron chi connectivity index (χ1n) is 12.3. The Labute approximate surface area is 219 Å². The smallest absolute Gasteiger partial charge is 0.291 e. The minimum atomic E-state index is -0.781. The molecule has 1 aromatic heterocycles. The Balaban J connectivity index is 1.65. The van der Waals surface area contributed by atoms with Gasteiger partial charge >= 0.3 is 0 Å². The summed E-state index contributed by atoms with van der Waals surface area (Å²) < 4.78 is 36.7. The maximum atomic E-state index is 14.1. The molecule has 5 rings (SSSR count). The van der Waals surface area contributed by atoms with Crippen LogP contribution in [0, 0.1) is 11.7 Å². The number of rotatable bonds is 8. The first-order chi connectivity index (χ1) is 18.3. The van der Waals surface area contributed by atoms with E-state index in [0.29, 0.717) is 35.3 Å². The van der Waals surface area contributed by atoms with Gasteiger partial charge in [-0.3, -0.25) is 9.59 Å². The summed E-state index contributed by atoms with van der Waals surface area (Å²) in [5.74, 6) is 1.00. The Morgan fingerprint density at radius 2 is 1.71 bits per heavy atom. The molecule has 8 heteroatoms. The maximum absolute atomic E-state index is 14.1. The molecule has 0 aliphatic carbocycles. The van der Waals surface area contributed by atoms with Crippen molar-refractivity contribution in [2.45, 2.75) is 26.4 Å². The molecule has 0 bridgehead atoms. The molecule has 0 spiro atoms. The summed E-state index contributed by atoms with van der Waals surface area (Å²) in [7, 11) is 3.12. The average Bonchev–Trinajstić information content (AvgIpc) is 3.19. The predicted octanol–water partition coefficient (Wildman–Crippen LogP) is 5.73. The SMILES string of the molecule is COc1ccc(CN2C(=O)c3oc4ccc(F)cc4c(=O)c3C2c2ccc(OCC(C)C)c(OC)c2)cc1. The van der Waals surface area contributed by atoms with Crippen molar-refractivity contribution >= 4 is 16.9 Å². The second kappa shape index (κ2) is 10.2. The van der Waals surface area contributed by atoms with Crippen LogP contribution in [0.1, 0.15) is 47.1 Å². The standard InChI is InChI=1S/C30H28FNO6/c1-17(2)16-37-24-11-7-19(13-25(24)36-4)27-26-28(33)22-14-20(31)8-12-23(22)38-29(26)30(34)32(27)15-18-5-9-21(35-3)10-6-18/h5-14,17,27H,15-16H2,1-4H3. The highest BCUT2D eigenvalue weighted by Gasteiger charge is 2.43. The van der Waals surface area contributed by atoms with E-state index >= 15 is 0 Å². The fourth-order valence-corrected chi connectivity index (χ4v) is 4.66. The molecular weight excluding hydrogens is 489 g/mol. The molecule has 0 N–H and O–H groups in total. The minimum Gasteiger partial charge on any atom is -0.497 e. The number of nitrogens with zero attached hydrogens (tertiary/aromatic N) is 1. The lowest BCUT2D eigenvalue weighted by atomic mass is 9.97. The molecule has 0 saturated heterocycles. The Hall–Kier alpha value is -4.33. The molecule has 1 atom stereocenters. The zero-order valence-electron chi connectivity index (χ0n) is 21.6. The Morgan fingerprint density at radius 3 is 2.39 bits per heavy atom. The third-order valence-corrected chi connectivity index (χ3v) is 6.52. The molecular formula is C30H28FNO6. The van der Waals surface area contributed by atoms with Gasteiger partial charge in [-0.05, 0) is 59.5 Å². The molecule has 2 heterocycles. The van der Waals surface area contributed by atoms with Crippen molar-refractivity contribution in [1.82, 2.24) is 4.90 Å². The number of amides is 1. The van der Waals surface area contributed by atoms with Crippen molar-refractivity contribution in [2.75, 3.05) is 20.8 Å². The van der Waals surface area contributed by atoms with Crippen molar-refractivity contribution in [2.24, 2.45) is 5.92 Å². The normalized spacial score (nSPS) is 14.7. The molecule has 0 radical (unpaired) electrons. The molecule has 1 amide bonds. The van der Waals surface area contributed by atoms with E-state index < -0.39 is 23.2 Å². The number of methoxy groups -OCH3 is 2. The van der Waals surface area contributed by atoms with Crippen LogP contribution in [0.3, 0.4) is 0 Å². The van der Waals surface area contributed by atoms with Gasteiger partial charge in [0.15, 0.2) is 16.9 Å². The van der Waals surface area contributed by atoms with Crippen LogP contribution < -0.4 is 19.6 Å². The Kier molecular flexibility index (Phi) is 6.80. The van der Waals surface area contributed by atoms with Gasteiger partial charge in [-0.1, -0.05) is 32.0 Å². The van der Waals surface area contributed by atoms with Crippen molar-refractivity contribution in [3.8, 4) is 17.2 Å². The van der Waals surface area contributed by atoms with Gasteiger partial charge in [0.2, 0.25) is 5.76 Å². The largest absolute Gasteiger partial charge is 0.497 e. The van der Waals surface area contributed by atoms with Crippen LogP contribution in [0.25, 0.3) is 11.0 Å². The Morgan fingerprint density at radius 1 is 0.947 bits per heavy atom. The van der Waals surface area contributed by atoms with E-state index in [4.69, 9.17) is 18.6 Å². The van der Waals surface area contributed by atoms with E-state index in [1.54, 1.807) is 24.1 Å². The fraction of sp³-hybridized carbons (Fsp3) is 0.267. The number of halogens is 1. The second-order valence-electron chi connectivity index (χ2n) is 9.61. The molecule has 1 aliphatic heterocycles. The van der Waals surface area contributed by atoms with E-state index in [0.717, 1.165) is 11.6 Å². The molecule has 3 aromatic carbocycles. The summed E-state index contributed by atoms with van der Waals surface area (Å²) in [6, 6.07) is 15.6. The Bertz CT molecular complexity index is 1560. The number of benzene rings is 3. The van der Waals surface area contributed by atoms with Crippen LogP contribution in [-0.2, 0) is 6.54 Å². The lowest BCUT2D eigenvalue weighted by Gasteiger charge is -2.26. The molecule has 1 aliphatic rings. The van der Waals surface area contributed by atoms with E-state index in [1.165, 1.54) is 19.2 Å². The van der Waals surface area contributed by atoms with Gasteiger partial charge < -0.3 is 23.5 Å². The molecule has 38 heavy (non-hydrogen) atoms. The number of carbonyl (C=O) groups excluding carboxylic acids is 1. The molecule has 196 valence electrons. The number of carbonyl (C=O) groups is 1. The van der Waals surface area contributed by atoms with Crippen molar-refractivity contribution < 1.29 is 27.8 Å².